The highest BCUT2D eigenvalue weighted by Gasteiger charge is 2.21. The monoisotopic (exact) mass is 365 g/mol. The summed E-state index contributed by atoms with van der Waals surface area (Å²) in [4.78, 5) is 23.9. The minimum absolute atomic E-state index is 0. The molecule has 0 aliphatic carbocycles. The van der Waals surface area contributed by atoms with Crippen molar-refractivity contribution in [3.8, 4) is 5.88 Å². The van der Waals surface area contributed by atoms with Crippen molar-refractivity contribution in [1.29, 1.82) is 0 Å². The van der Waals surface area contributed by atoms with Crippen LogP contribution >= 0.6 is 24.8 Å². The van der Waals surface area contributed by atoms with Crippen molar-refractivity contribution < 1.29 is 9.53 Å². The van der Waals surface area contributed by atoms with Gasteiger partial charge in [0, 0.05) is 32.2 Å². The lowest BCUT2D eigenvalue weighted by atomic mass is 10.2. The van der Waals surface area contributed by atoms with Crippen LogP contribution in [-0.2, 0) is 4.79 Å². The number of carbonyl (C=O) groups is 1. The van der Waals surface area contributed by atoms with Crippen molar-refractivity contribution in [2.75, 3.05) is 44.2 Å². The molecule has 2 N–H and O–H groups in total. The maximum absolute atomic E-state index is 11.5. The molecule has 1 aliphatic heterocycles. The first-order valence-electron chi connectivity index (χ1n) is 7.27. The van der Waals surface area contributed by atoms with Crippen LogP contribution in [0.3, 0.4) is 0 Å². The zero-order chi connectivity index (χ0) is 15.2. The molecule has 0 saturated carbocycles. The van der Waals surface area contributed by atoms with E-state index in [1.165, 1.54) is 6.33 Å². The summed E-state index contributed by atoms with van der Waals surface area (Å²) in [6, 6.07) is 1.85. The molecule has 132 valence electrons. The van der Waals surface area contributed by atoms with Gasteiger partial charge in [-0.1, -0.05) is 13.8 Å². The van der Waals surface area contributed by atoms with Crippen LogP contribution < -0.4 is 15.4 Å². The Morgan fingerprint density at radius 1 is 1.26 bits per heavy atom. The lowest BCUT2D eigenvalue weighted by Gasteiger charge is -2.35. The van der Waals surface area contributed by atoms with Crippen LogP contribution in [0.5, 0.6) is 5.88 Å². The van der Waals surface area contributed by atoms with E-state index in [2.05, 4.69) is 28.7 Å². The Labute approximate surface area is 149 Å². The highest BCUT2D eigenvalue weighted by molar-refractivity contribution is 5.85. The summed E-state index contributed by atoms with van der Waals surface area (Å²) in [5, 5.41) is 0. The molecule has 2 rings (SSSR count). The quantitative estimate of drug-likeness (QED) is 0.836. The molecule has 1 fully saturated rings. The topological polar surface area (TPSA) is 84.6 Å². The van der Waals surface area contributed by atoms with E-state index in [1.54, 1.807) is 4.90 Å². The van der Waals surface area contributed by atoms with Crippen molar-refractivity contribution in [3.05, 3.63) is 12.4 Å². The first kappa shape index (κ1) is 21.7. The van der Waals surface area contributed by atoms with Gasteiger partial charge in [0.25, 0.3) is 0 Å². The first-order chi connectivity index (χ1) is 10.1. The van der Waals surface area contributed by atoms with E-state index in [9.17, 15) is 4.79 Å². The Kier molecular flexibility index (Phi) is 9.87. The molecule has 0 atom stereocenters. The Balaban J connectivity index is 0.00000242. The van der Waals surface area contributed by atoms with E-state index in [-0.39, 0.29) is 37.3 Å². The molecule has 0 radical (unpaired) electrons. The molecule has 0 spiro atoms. The summed E-state index contributed by atoms with van der Waals surface area (Å²) in [6.45, 7) is 7.71. The number of carbonyl (C=O) groups excluding carboxylic acids is 1. The Hall–Kier alpha value is -1.31. The summed E-state index contributed by atoms with van der Waals surface area (Å²) in [5.41, 5.74) is 5.38. The lowest BCUT2D eigenvalue weighted by Crippen LogP contribution is -2.50. The van der Waals surface area contributed by atoms with E-state index < -0.39 is 0 Å². The molecule has 1 aromatic heterocycles. The van der Waals surface area contributed by atoms with Crippen LogP contribution in [0.1, 0.15) is 13.8 Å². The predicted molar refractivity (Wildman–Crippen MR) is 94.7 cm³/mol. The van der Waals surface area contributed by atoms with Crippen molar-refractivity contribution in [2.45, 2.75) is 13.8 Å². The van der Waals surface area contributed by atoms with E-state index in [4.69, 9.17) is 10.5 Å². The third-order valence-electron chi connectivity index (χ3n) is 3.32. The molecule has 23 heavy (non-hydrogen) atoms. The van der Waals surface area contributed by atoms with Crippen LogP contribution in [0, 0.1) is 5.92 Å². The van der Waals surface area contributed by atoms with Crippen molar-refractivity contribution in [2.24, 2.45) is 11.7 Å². The molecule has 0 unspecified atom stereocenters. The van der Waals surface area contributed by atoms with Gasteiger partial charge in [0.2, 0.25) is 11.8 Å². The maximum Gasteiger partial charge on any atom is 0.236 e. The van der Waals surface area contributed by atoms with E-state index in [0.29, 0.717) is 31.5 Å². The third-order valence-corrected chi connectivity index (χ3v) is 3.32. The number of ether oxygens (including phenoxy) is 1. The summed E-state index contributed by atoms with van der Waals surface area (Å²) >= 11 is 0. The van der Waals surface area contributed by atoms with Gasteiger partial charge in [0.15, 0.2) is 0 Å². The number of nitrogens with two attached hydrogens (primary N) is 1. The molecule has 1 aromatic rings. The van der Waals surface area contributed by atoms with Crippen LogP contribution in [0.15, 0.2) is 12.4 Å². The molecule has 2 heterocycles. The highest BCUT2D eigenvalue weighted by atomic mass is 35.5. The van der Waals surface area contributed by atoms with Gasteiger partial charge in [-0.25, -0.2) is 9.97 Å². The molecule has 0 aromatic carbocycles. The average Bonchev–Trinajstić information content (AvgIpc) is 2.52. The summed E-state index contributed by atoms with van der Waals surface area (Å²) in [6.07, 6.45) is 1.52. The molecule has 1 amide bonds. The predicted octanol–water partition coefficient (Wildman–Crippen LogP) is 0.962. The number of anilines is 1. The maximum atomic E-state index is 11.5. The van der Waals surface area contributed by atoms with Gasteiger partial charge < -0.3 is 20.3 Å². The lowest BCUT2D eigenvalue weighted by molar-refractivity contribution is -0.129. The zero-order valence-electron chi connectivity index (χ0n) is 13.5. The van der Waals surface area contributed by atoms with Crippen molar-refractivity contribution >= 4 is 36.5 Å². The van der Waals surface area contributed by atoms with Crippen LogP contribution in [0.2, 0.25) is 0 Å². The minimum atomic E-state index is -0.00158. The number of halogens is 2. The van der Waals surface area contributed by atoms with Crippen LogP contribution in [0.4, 0.5) is 5.82 Å². The fourth-order valence-corrected chi connectivity index (χ4v) is 2.15. The van der Waals surface area contributed by atoms with Crippen molar-refractivity contribution in [1.82, 2.24) is 14.9 Å². The standard InChI is InChI=1S/C14H23N5O2.2ClH/c1-11(2)9-21-13-7-12(16-10-17-13)18-3-5-19(6-4-18)14(20)8-15;;/h7,10-11H,3-6,8-9,15H2,1-2H3;2*1H. The van der Waals surface area contributed by atoms with E-state index in [1.807, 2.05) is 6.07 Å². The van der Waals surface area contributed by atoms with Crippen LogP contribution in [0.25, 0.3) is 0 Å². The van der Waals surface area contributed by atoms with Gasteiger partial charge in [-0.15, -0.1) is 24.8 Å². The number of hydrogen-bond donors (Lipinski definition) is 1. The summed E-state index contributed by atoms with van der Waals surface area (Å²) < 4.78 is 5.62. The normalized spacial score (nSPS) is 14.1. The van der Waals surface area contributed by atoms with Gasteiger partial charge in [-0.05, 0) is 5.92 Å². The molecule has 1 aliphatic rings. The largest absolute Gasteiger partial charge is 0.477 e. The fraction of sp³-hybridized carbons (Fsp3) is 0.643. The number of piperazine rings is 1. The average molecular weight is 366 g/mol. The Bertz CT molecular complexity index is 482. The van der Waals surface area contributed by atoms with Gasteiger partial charge >= 0.3 is 0 Å². The number of aromatic nitrogens is 2. The summed E-state index contributed by atoms with van der Waals surface area (Å²) in [5.74, 6) is 1.88. The second-order valence-corrected chi connectivity index (χ2v) is 5.49. The molecule has 9 heteroatoms. The zero-order valence-corrected chi connectivity index (χ0v) is 15.1. The van der Waals surface area contributed by atoms with Gasteiger partial charge in [-0.2, -0.15) is 0 Å². The molecular weight excluding hydrogens is 341 g/mol. The van der Waals surface area contributed by atoms with Gasteiger partial charge in [-0.3, -0.25) is 4.79 Å². The van der Waals surface area contributed by atoms with Gasteiger partial charge in [0.1, 0.15) is 12.1 Å². The molecular formula is C14H25Cl2N5O2. The second-order valence-electron chi connectivity index (χ2n) is 5.49. The Morgan fingerprint density at radius 2 is 1.91 bits per heavy atom. The number of nitrogens with zero attached hydrogens (tertiary/aromatic N) is 4. The summed E-state index contributed by atoms with van der Waals surface area (Å²) in [7, 11) is 0. The second kappa shape index (κ2) is 10.5. The van der Waals surface area contributed by atoms with Crippen LogP contribution in [-0.4, -0.2) is 60.1 Å². The minimum Gasteiger partial charge on any atom is -0.477 e. The van der Waals surface area contributed by atoms with Crippen molar-refractivity contribution in [3.63, 3.8) is 0 Å². The van der Waals surface area contributed by atoms with Gasteiger partial charge in [0.05, 0.1) is 13.2 Å². The molecule has 7 nitrogen and oxygen atoms in total. The molecule has 0 bridgehead atoms. The smallest absolute Gasteiger partial charge is 0.236 e. The molecule has 1 saturated heterocycles. The number of rotatable bonds is 5. The fourth-order valence-electron chi connectivity index (χ4n) is 2.15. The first-order valence-corrected chi connectivity index (χ1v) is 7.27. The Morgan fingerprint density at radius 3 is 2.48 bits per heavy atom. The highest BCUT2D eigenvalue weighted by Crippen LogP contribution is 2.18. The SMILES string of the molecule is CC(C)COc1cc(N2CCN(C(=O)CN)CC2)ncn1.Cl.Cl. The number of amides is 1. The van der Waals surface area contributed by atoms with E-state index in [0.717, 1.165) is 18.9 Å². The number of hydrogen-bond acceptors (Lipinski definition) is 6. The van der Waals surface area contributed by atoms with E-state index >= 15 is 0 Å². The third kappa shape index (κ3) is 6.37.